The molecule has 0 saturated carbocycles. The zero-order chi connectivity index (χ0) is 14.5. The van der Waals surface area contributed by atoms with E-state index in [4.69, 9.17) is 15.7 Å². The first kappa shape index (κ1) is 14.4. The molecule has 2 aromatic rings. The van der Waals surface area contributed by atoms with Crippen molar-refractivity contribution in [1.29, 1.82) is 0 Å². The van der Waals surface area contributed by atoms with E-state index in [1.807, 2.05) is 36.4 Å². The molecule has 0 aromatic heterocycles. The van der Waals surface area contributed by atoms with Crippen LogP contribution in [0, 0.1) is 0 Å². The first-order chi connectivity index (χ1) is 9.67. The van der Waals surface area contributed by atoms with Crippen molar-refractivity contribution in [3.05, 3.63) is 58.1 Å². The zero-order valence-electron chi connectivity index (χ0n) is 11.0. The third kappa shape index (κ3) is 2.93. The summed E-state index contributed by atoms with van der Waals surface area (Å²) in [4.78, 5) is 0. The number of hydrogen-bond donors (Lipinski definition) is 2. The van der Waals surface area contributed by atoms with Gasteiger partial charge in [-0.25, -0.2) is 0 Å². The Kier molecular flexibility index (Phi) is 4.63. The number of halogens is 1. The lowest BCUT2D eigenvalue weighted by atomic mass is 10.1. The molecule has 0 unspecified atom stereocenters. The average Bonchev–Trinajstić information content (AvgIpc) is 2.47. The maximum Gasteiger partial charge on any atom is 0.175 e. The van der Waals surface area contributed by atoms with Crippen LogP contribution < -0.4 is 10.5 Å². The highest BCUT2D eigenvalue weighted by Crippen LogP contribution is 2.32. The minimum Gasteiger partial charge on any atom is -0.456 e. The Morgan fingerprint density at radius 2 is 1.90 bits per heavy atom. The molecule has 0 heterocycles. The van der Waals surface area contributed by atoms with Gasteiger partial charge in [-0.05, 0) is 46.1 Å². The number of hydrogen-bond acceptors (Lipinski definition) is 3. The molecule has 0 spiro atoms. The predicted octanol–water partition coefficient (Wildman–Crippen LogP) is 3.90. The number of amidine groups is 1. The molecule has 104 valence electrons. The van der Waals surface area contributed by atoms with Gasteiger partial charge in [-0.1, -0.05) is 36.3 Å². The van der Waals surface area contributed by atoms with Crippen LogP contribution in [0.4, 0.5) is 0 Å². The molecular weight excluding hydrogens is 320 g/mol. The van der Waals surface area contributed by atoms with Gasteiger partial charge in [0, 0.05) is 4.47 Å². The van der Waals surface area contributed by atoms with Crippen molar-refractivity contribution in [1.82, 2.24) is 0 Å². The Balaban J connectivity index is 2.46. The number of nitrogens with two attached hydrogens (primary N) is 1. The van der Waals surface area contributed by atoms with Gasteiger partial charge in [0.25, 0.3) is 0 Å². The molecule has 20 heavy (non-hydrogen) atoms. The summed E-state index contributed by atoms with van der Waals surface area (Å²) in [6.07, 6.45) is 0.864. The number of benzene rings is 2. The number of para-hydroxylation sites is 1. The Labute approximate surface area is 126 Å². The van der Waals surface area contributed by atoms with Crippen LogP contribution in [0.1, 0.15) is 18.1 Å². The van der Waals surface area contributed by atoms with Crippen LogP contribution >= 0.6 is 15.9 Å². The second-order valence-electron chi connectivity index (χ2n) is 4.16. The van der Waals surface area contributed by atoms with Gasteiger partial charge in [0.1, 0.15) is 11.5 Å². The molecule has 4 nitrogen and oxygen atoms in total. The summed E-state index contributed by atoms with van der Waals surface area (Å²) in [5, 5.41) is 11.9. The molecule has 2 rings (SSSR count). The first-order valence-corrected chi connectivity index (χ1v) is 6.98. The smallest absolute Gasteiger partial charge is 0.175 e. The van der Waals surface area contributed by atoms with Gasteiger partial charge < -0.3 is 15.7 Å². The van der Waals surface area contributed by atoms with Crippen LogP contribution in [0.5, 0.6) is 11.5 Å². The van der Waals surface area contributed by atoms with Crippen molar-refractivity contribution < 1.29 is 9.94 Å². The van der Waals surface area contributed by atoms with Crippen molar-refractivity contribution in [2.75, 3.05) is 0 Å². The molecule has 0 aliphatic carbocycles. The number of nitrogens with zero attached hydrogens (tertiary/aromatic N) is 1. The summed E-state index contributed by atoms with van der Waals surface area (Å²) in [5.41, 5.74) is 7.33. The van der Waals surface area contributed by atoms with Crippen molar-refractivity contribution in [3.8, 4) is 11.5 Å². The fourth-order valence-corrected chi connectivity index (χ4v) is 2.45. The topological polar surface area (TPSA) is 67.8 Å². The van der Waals surface area contributed by atoms with Gasteiger partial charge in [-0.3, -0.25) is 0 Å². The lowest BCUT2D eigenvalue weighted by Gasteiger charge is -2.14. The summed E-state index contributed by atoms with van der Waals surface area (Å²) < 4.78 is 6.64. The highest BCUT2D eigenvalue weighted by Gasteiger charge is 2.14. The second-order valence-corrected chi connectivity index (χ2v) is 5.02. The molecule has 0 fully saturated rings. The summed E-state index contributed by atoms with van der Waals surface area (Å²) in [5.74, 6) is 1.30. The van der Waals surface area contributed by atoms with Gasteiger partial charge in [-0.2, -0.15) is 0 Å². The maximum atomic E-state index is 8.89. The molecule has 2 aromatic carbocycles. The van der Waals surface area contributed by atoms with Crippen LogP contribution in [-0.4, -0.2) is 11.0 Å². The Morgan fingerprint density at radius 1 is 1.20 bits per heavy atom. The van der Waals surface area contributed by atoms with Gasteiger partial charge in [0.05, 0.1) is 5.56 Å². The molecule has 5 heteroatoms. The van der Waals surface area contributed by atoms with Crippen LogP contribution in [-0.2, 0) is 6.42 Å². The van der Waals surface area contributed by atoms with Gasteiger partial charge >= 0.3 is 0 Å². The second kappa shape index (κ2) is 6.43. The molecule has 0 radical (unpaired) electrons. The summed E-state index contributed by atoms with van der Waals surface area (Å²) in [6.45, 7) is 2.06. The maximum absolute atomic E-state index is 8.89. The Hall–Kier alpha value is -2.01. The minimum atomic E-state index is 0.00135. The number of rotatable bonds is 4. The van der Waals surface area contributed by atoms with Crippen molar-refractivity contribution in [2.45, 2.75) is 13.3 Å². The first-order valence-electron chi connectivity index (χ1n) is 6.19. The number of ether oxygens (including phenoxy) is 1. The fourth-order valence-electron chi connectivity index (χ4n) is 1.90. The lowest BCUT2D eigenvalue weighted by molar-refractivity contribution is 0.318. The minimum absolute atomic E-state index is 0.00135. The van der Waals surface area contributed by atoms with Crippen molar-refractivity contribution in [2.24, 2.45) is 10.9 Å². The lowest BCUT2D eigenvalue weighted by Crippen LogP contribution is -2.15. The highest BCUT2D eigenvalue weighted by molar-refractivity contribution is 9.10. The third-order valence-corrected chi connectivity index (χ3v) is 3.57. The number of oxime groups is 1. The van der Waals surface area contributed by atoms with Crippen LogP contribution in [0.2, 0.25) is 0 Å². The van der Waals surface area contributed by atoms with E-state index in [0.29, 0.717) is 15.8 Å². The molecule has 0 saturated heterocycles. The zero-order valence-corrected chi connectivity index (χ0v) is 12.6. The summed E-state index contributed by atoms with van der Waals surface area (Å²) in [7, 11) is 0. The third-order valence-electron chi connectivity index (χ3n) is 2.91. The van der Waals surface area contributed by atoms with E-state index in [-0.39, 0.29) is 5.84 Å². The summed E-state index contributed by atoms with van der Waals surface area (Å²) in [6, 6.07) is 13.2. The number of aryl methyl sites for hydroxylation is 1. The molecule has 0 atom stereocenters. The molecule has 0 aliphatic rings. The Bertz CT molecular complexity index is 642. The van der Waals surface area contributed by atoms with Gasteiger partial charge in [0.15, 0.2) is 5.84 Å². The van der Waals surface area contributed by atoms with E-state index in [2.05, 4.69) is 28.0 Å². The standard InChI is InChI=1S/C15H15BrN2O2/c1-2-10-6-3-4-8-12(10)20-13-9-5-7-11(16)14(13)15(17)18-19/h3-9,19H,2H2,1H3,(H2,17,18). The van der Waals surface area contributed by atoms with E-state index in [1.165, 1.54) is 0 Å². The molecule has 0 amide bonds. The normalized spacial score (nSPS) is 11.4. The van der Waals surface area contributed by atoms with Crippen LogP contribution in [0.25, 0.3) is 0 Å². The van der Waals surface area contributed by atoms with Gasteiger partial charge in [0.2, 0.25) is 0 Å². The van der Waals surface area contributed by atoms with E-state index in [1.54, 1.807) is 6.07 Å². The van der Waals surface area contributed by atoms with Crippen molar-refractivity contribution >= 4 is 21.8 Å². The summed E-state index contributed by atoms with van der Waals surface area (Å²) >= 11 is 3.39. The molecule has 0 aliphatic heterocycles. The van der Waals surface area contributed by atoms with E-state index < -0.39 is 0 Å². The Morgan fingerprint density at radius 3 is 2.60 bits per heavy atom. The predicted molar refractivity (Wildman–Crippen MR) is 82.5 cm³/mol. The highest BCUT2D eigenvalue weighted by atomic mass is 79.9. The SMILES string of the molecule is CCc1ccccc1Oc1cccc(Br)c1/C(N)=N/O. The van der Waals surface area contributed by atoms with Crippen LogP contribution in [0.3, 0.4) is 0 Å². The quantitative estimate of drug-likeness (QED) is 0.385. The van der Waals surface area contributed by atoms with E-state index in [9.17, 15) is 0 Å². The monoisotopic (exact) mass is 334 g/mol. The van der Waals surface area contributed by atoms with E-state index in [0.717, 1.165) is 17.7 Å². The average molecular weight is 335 g/mol. The van der Waals surface area contributed by atoms with Crippen LogP contribution in [0.15, 0.2) is 52.1 Å². The molecule has 0 bridgehead atoms. The molecular formula is C15H15BrN2O2. The largest absolute Gasteiger partial charge is 0.456 e. The van der Waals surface area contributed by atoms with Gasteiger partial charge in [-0.15, -0.1) is 0 Å². The fraction of sp³-hybridized carbons (Fsp3) is 0.133. The van der Waals surface area contributed by atoms with E-state index >= 15 is 0 Å². The molecule has 3 N–H and O–H groups in total. The van der Waals surface area contributed by atoms with Crippen molar-refractivity contribution in [3.63, 3.8) is 0 Å².